The predicted molar refractivity (Wildman–Crippen MR) is 245 cm³/mol. The Bertz CT molecular complexity index is 1760. The van der Waals surface area contributed by atoms with E-state index in [0.29, 0.717) is 63.4 Å². The van der Waals surface area contributed by atoms with Gasteiger partial charge in [-0.05, 0) is 107 Å². The number of ketones is 3. The topological polar surface area (TPSA) is 195 Å². The number of carbonyl (C=O) groups excluding carboxylic acids is 5. The van der Waals surface area contributed by atoms with Crippen molar-refractivity contribution in [1.82, 2.24) is 4.90 Å². The van der Waals surface area contributed by atoms with Gasteiger partial charge in [-0.1, -0.05) is 71.1 Å². The highest BCUT2D eigenvalue weighted by molar-refractivity contribution is 6.39. The van der Waals surface area contributed by atoms with Gasteiger partial charge in [0.05, 0.1) is 30.5 Å². The van der Waals surface area contributed by atoms with Gasteiger partial charge in [-0.3, -0.25) is 19.2 Å². The van der Waals surface area contributed by atoms with Crippen molar-refractivity contribution in [3.8, 4) is 0 Å². The third kappa shape index (κ3) is 14.3. The molecular formula is C51H79NO13. The van der Waals surface area contributed by atoms with Crippen LogP contribution in [0.1, 0.15) is 126 Å². The van der Waals surface area contributed by atoms with Gasteiger partial charge in [-0.2, -0.15) is 0 Å². The summed E-state index contributed by atoms with van der Waals surface area (Å²) < 4.78 is 29.4. The molecule has 0 aromatic rings. The average molecular weight is 914 g/mol. The molecule has 2 unspecified atom stereocenters. The van der Waals surface area contributed by atoms with Gasteiger partial charge in [0.15, 0.2) is 11.6 Å². The molecule has 15 atom stereocenters. The summed E-state index contributed by atoms with van der Waals surface area (Å²) >= 11 is 0. The fraction of sp³-hybridized carbons (Fsp3) is 0.745. The highest BCUT2D eigenvalue weighted by Gasteiger charge is 2.53. The van der Waals surface area contributed by atoms with Crippen LogP contribution in [0.25, 0.3) is 0 Å². The lowest BCUT2D eigenvalue weighted by Crippen LogP contribution is -2.61. The number of amides is 1. The summed E-state index contributed by atoms with van der Waals surface area (Å²) in [5.74, 6) is -7.93. The molecule has 4 aliphatic rings. The minimum atomic E-state index is -2.43. The Morgan fingerprint density at radius 1 is 0.862 bits per heavy atom. The Balaban J connectivity index is 1.70. The van der Waals surface area contributed by atoms with Crippen LogP contribution < -0.4 is 0 Å². The first kappa shape index (κ1) is 54.2. The summed E-state index contributed by atoms with van der Waals surface area (Å²) in [6, 6.07) is -1.14. The molecule has 366 valence electrons. The summed E-state index contributed by atoms with van der Waals surface area (Å²) in [5.41, 5.74) is 1.19. The smallest absolute Gasteiger partial charge is 0.329 e. The maximum atomic E-state index is 14.4. The summed E-state index contributed by atoms with van der Waals surface area (Å²) in [5, 5.41) is 33.9. The van der Waals surface area contributed by atoms with Gasteiger partial charge in [0.2, 0.25) is 5.79 Å². The van der Waals surface area contributed by atoms with Crippen molar-refractivity contribution >= 4 is 29.2 Å². The van der Waals surface area contributed by atoms with Crippen molar-refractivity contribution in [1.29, 1.82) is 0 Å². The van der Waals surface area contributed by atoms with Gasteiger partial charge >= 0.3 is 5.97 Å². The van der Waals surface area contributed by atoms with Crippen molar-refractivity contribution < 1.29 is 63.0 Å². The molecule has 1 saturated carbocycles. The number of hydrogen-bond acceptors (Lipinski definition) is 13. The number of carbonyl (C=O) groups is 5. The van der Waals surface area contributed by atoms with E-state index in [-0.39, 0.29) is 54.8 Å². The Morgan fingerprint density at radius 3 is 2.26 bits per heavy atom. The summed E-state index contributed by atoms with van der Waals surface area (Å²) in [4.78, 5) is 71.7. The normalized spacial score (nSPS) is 37.8. The lowest BCUT2D eigenvalue weighted by atomic mass is 9.78. The van der Waals surface area contributed by atoms with Gasteiger partial charge in [0.25, 0.3) is 11.7 Å². The molecule has 4 rings (SSSR count). The van der Waals surface area contributed by atoms with E-state index in [9.17, 15) is 39.3 Å². The average Bonchev–Trinajstić information content (AvgIpc) is 3.28. The highest BCUT2D eigenvalue weighted by atomic mass is 16.6. The Morgan fingerprint density at radius 2 is 1.58 bits per heavy atom. The molecule has 1 aliphatic carbocycles. The zero-order valence-electron chi connectivity index (χ0n) is 40.6. The number of ether oxygens (including phenoxy) is 5. The number of nitrogens with zero attached hydrogens (tertiary/aromatic N) is 1. The molecule has 14 nitrogen and oxygen atoms in total. The number of cyclic esters (lactones) is 1. The molecule has 0 spiro atoms. The van der Waals surface area contributed by atoms with E-state index in [0.717, 1.165) is 12.0 Å². The molecule has 3 N–H and O–H groups in total. The fourth-order valence-corrected chi connectivity index (χ4v) is 10.1. The molecule has 3 fully saturated rings. The van der Waals surface area contributed by atoms with Crippen molar-refractivity contribution in [2.75, 3.05) is 27.9 Å². The van der Waals surface area contributed by atoms with E-state index in [2.05, 4.69) is 0 Å². The molecule has 1 amide bonds. The molecular weight excluding hydrogens is 835 g/mol. The number of methoxy groups -OCH3 is 3. The van der Waals surface area contributed by atoms with Gasteiger partial charge in [-0.15, -0.1) is 0 Å². The van der Waals surface area contributed by atoms with Crippen LogP contribution in [0.4, 0.5) is 0 Å². The van der Waals surface area contributed by atoms with Gasteiger partial charge in [0, 0.05) is 58.5 Å². The van der Waals surface area contributed by atoms with Crippen LogP contribution in [0.2, 0.25) is 0 Å². The van der Waals surface area contributed by atoms with Gasteiger partial charge in [-0.25, -0.2) is 4.79 Å². The monoisotopic (exact) mass is 914 g/mol. The standard InChI is InChI=1S/C51H79NO13/c1-30-16-12-11-13-17-31(2)42(61-8)28-38-21-19-36(7)51(60,65-38)48(57)49(58)52-23-15-14-18-39(52)50(59)64-43(33(4)26-37-20-22-40(53)44(27-37)62-9)29-41(54)32(3)25-35(6)46(56)47(63-10)45(55)34(5)24-30/h11-13,16-17,25,30,33-40,42-44,46-47,53,56,60H,14-15,18-24,26-29H2,1-10H3/t30-,33-,34-,35?,36-,37+,38+,39+,40+,42+,43+,44?,46-,47+,51-/m1/s1. The highest BCUT2D eigenvalue weighted by Crippen LogP contribution is 2.38. The first-order chi connectivity index (χ1) is 30.7. The molecule has 2 saturated heterocycles. The van der Waals surface area contributed by atoms with E-state index in [4.69, 9.17) is 23.7 Å². The van der Waals surface area contributed by atoms with Crippen LogP contribution in [0, 0.1) is 35.5 Å². The number of allylic oxidation sites excluding steroid dienone is 6. The largest absolute Gasteiger partial charge is 0.460 e. The van der Waals surface area contributed by atoms with Crippen molar-refractivity contribution in [3.05, 3.63) is 47.6 Å². The number of piperidine rings is 1. The minimum Gasteiger partial charge on any atom is -0.460 e. The van der Waals surface area contributed by atoms with Crippen LogP contribution in [0.5, 0.6) is 0 Å². The maximum absolute atomic E-state index is 14.4. The van der Waals surface area contributed by atoms with E-state index in [1.807, 2.05) is 58.1 Å². The molecule has 0 aromatic heterocycles. The van der Waals surface area contributed by atoms with Crippen LogP contribution in [0.15, 0.2) is 47.6 Å². The third-order valence-corrected chi connectivity index (χ3v) is 14.5. The summed E-state index contributed by atoms with van der Waals surface area (Å²) in [7, 11) is 4.53. The van der Waals surface area contributed by atoms with E-state index >= 15 is 0 Å². The van der Waals surface area contributed by atoms with Gasteiger partial charge < -0.3 is 43.9 Å². The number of esters is 1. The second kappa shape index (κ2) is 25.1. The lowest BCUT2D eigenvalue weighted by Gasteiger charge is -2.42. The molecule has 14 heteroatoms. The van der Waals surface area contributed by atoms with Crippen LogP contribution >= 0.6 is 0 Å². The van der Waals surface area contributed by atoms with Crippen molar-refractivity contribution in [2.45, 2.75) is 180 Å². The second-order valence-corrected chi connectivity index (χ2v) is 19.6. The van der Waals surface area contributed by atoms with E-state index < -0.39 is 83.9 Å². The number of Topliss-reactive ketones (excluding diaryl/α,β-unsaturated/α-hetero) is 3. The quantitative estimate of drug-likeness (QED) is 0.202. The first-order valence-corrected chi connectivity index (χ1v) is 23.9. The molecule has 0 radical (unpaired) electrons. The summed E-state index contributed by atoms with van der Waals surface area (Å²) in [6.07, 6.45) is 11.2. The van der Waals surface area contributed by atoms with Crippen molar-refractivity contribution in [3.63, 3.8) is 0 Å². The Kier molecular flexibility index (Phi) is 21.0. The Hall–Kier alpha value is -3.37. The predicted octanol–water partition coefficient (Wildman–Crippen LogP) is 6.18. The SMILES string of the molecule is COC1C[C@H](C[C@@H](C)[C@@H]2CC(=O)C(C)=CC(C)[C@@H](O)[C@@H](OC)C(=O)[C@H](C)C[C@H](C)C=CC=CC=C(C)[C@@H](OC)C[C@@H]3CC[C@@H](C)[C@@](O)(O3)C(=O)C(=O)N3CCCC[C@H]3C(=O)O2)CC[C@@H]1O. The number of hydrogen-bond donors (Lipinski definition) is 3. The number of fused-ring (bicyclic) bond motifs is 3. The number of aliphatic hydroxyl groups excluding tert-OH is 2. The van der Waals surface area contributed by atoms with E-state index in [1.54, 1.807) is 41.1 Å². The minimum absolute atomic E-state index is 0.0220. The Labute approximate surface area is 387 Å². The zero-order valence-corrected chi connectivity index (χ0v) is 40.6. The summed E-state index contributed by atoms with van der Waals surface area (Å²) in [6.45, 7) is 12.7. The van der Waals surface area contributed by atoms with E-state index in [1.165, 1.54) is 12.0 Å². The molecule has 3 heterocycles. The van der Waals surface area contributed by atoms with Crippen LogP contribution in [0.3, 0.4) is 0 Å². The van der Waals surface area contributed by atoms with Gasteiger partial charge in [0.1, 0.15) is 18.2 Å². The molecule has 0 aromatic carbocycles. The third-order valence-electron chi connectivity index (χ3n) is 14.5. The molecule has 3 aliphatic heterocycles. The fourth-order valence-electron chi connectivity index (χ4n) is 10.1. The number of aliphatic hydroxyl groups is 3. The molecule has 2 bridgehead atoms. The maximum Gasteiger partial charge on any atom is 0.329 e. The van der Waals surface area contributed by atoms with Crippen molar-refractivity contribution in [2.24, 2.45) is 35.5 Å². The molecule has 65 heavy (non-hydrogen) atoms. The lowest BCUT2D eigenvalue weighted by molar-refractivity contribution is -0.265. The second-order valence-electron chi connectivity index (χ2n) is 19.6. The first-order valence-electron chi connectivity index (χ1n) is 23.9. The number of rotatable bonds is 6. The zero-order chi connectivity index (χ0) is 48.2. The van der Waals surface area contributed by atoms with Crippen LogP contribution in [-0.4, -0.2) is 132 Å². The van der Waals surface area contributed by atoms with Crippen LogP contribution in [-0.2, 0) is 47.7 Å².